The third-order valence-electron chi connectivity index (χ3n) is 3.54. The van der Waals surface area contributed by atoms with E-state index in [2.05, 4.69) is 22.0 Å². The van der Waals surface area contributed by atoms with Crippen molar-refractivity contribution in [3.8, 4) is 0 Å². The van der Waals surface area contributed by atoms with E-state index in [-0.39, 0.29) is 11.5 Å². The molecule has 0 aliphatic carbocycles. The molecule has 6 nitrogen and oxygen atoms in total. The number of rotatable bonds is 2. The van der Waals surface area contributed by atoms with Crippen LogP contribution in [0.4, 0.5) is 17.3 Å². The molecule has 2 heterocycles. The number of anilines is 2. The SMILES string of the molecule is Nc1nc(N2CCc3ccccc3C2)ccc1[N+](=O)[O-]. The van der Waals surface area contributed by atoms with E-state index in [0.29, 0.717) is 5.82 Å². The number of nitro groups is 1. The number of hydrogen-bond donors (Lipinski definition) is 1. The molecule has 1 aromatic heterocycles. The largest absolute Gasteiger partial charge is 0.378 e. The monoisotopic (exact) mass is 270 g/mol. The molecule has 1 aromatic carbocycles. The summed E-state index contributed by atoms with van der Waals surface area (Å²) in [6.45, 7) is 1.59. The maximum absolute atomic E-state index is 10.7. The summed E-state index contributed by atoms with van der Waals surface area (Å²) in [6.07, 6.45) is 0.939. The van der Waals surface area contributed by atoms with Gasteiger partial charge in [0, 0.05) is 19.2 Å². The van der Waals surface area contributed by atoms with Gasteiger partial charge in [0.25, 0.3) is 0 Å². The first kappa shape index (κ1) is 12.4. The zero-order valence-corrected chi connectivity index (χ0v) is 10.8. The Kier molecular flexibility index (Phi) is 2.98. The molecule has 102 valence electrons. The van der Waals surface area contributed by atoms with E-state index in [4.69, 9.17) is 5.73 Å². The van der Waals surface area contributed by atoms with E-state index in [0.717, 1.165) is 19.5 Å². The van der Waals surface area contributed by atoms with Crippen LogP contribution < -0.4 is 10.6 Å². The van der Waals surface area contributed by atoms with Crippen LogP contribution in [0.25, 0.3) is 0 Å². The molecule has 0 saturated heterocycles. The predicted octanol–water partition coefficient (Wildman–Crippen LogP) is 2.13. The molecule has 20 heavy (non-hydrogen) atoms. The highest BCUT2D eigenvalue weighted by molar-refractivity contribution is 5.58. The predicted molar refractivity (Wildman–Crippen MR) is 76.5 cm³/mol. The van der Waals surface area contributed by atoms with Crippen molar-refractivity contribution in [2.45, 2.75) is 13.0 Å². The second-order valence-corrected chi connectivity index (χ2v) is 4.77. The van der Waals surface area contributed by atoms with Crippen molar-refractivity contribution >= 4 is 17.3 Å². The summed E-state index contributed by atoms with van der Waals surface area (Å²) in [5, 5.41) is 10.7. The Morgan fingerprint density at radius 2 is 1.95 bits per heavy atom. The van der Waals surface area contributed by atoms with Gasteiger partial charge in [-0.3, -0.25) is 10.1 Å². The molecule has 0 amide bonds. The highest BCUT2D eigenvalue weighted by Gasteiger charge is 2.19. The first-order chi connectivity index (χ1) is 9.65. The number of nitrogens with zero attached hydrogens (tertiary/aromatic N) is 3. The summed E-state index contributed by atoms with van der Waals surface area (Å²) < 4.78 is 0. The normalized spacial score (nSPS) is 13.9. The number of hydrogen-bond acceptors (Lipinski definition) is 5. The van der Waals surface area contributed by atoms with Crippen molar-refractivity contribution in [1.82, 2.24) is 4.98 Å². The molecule has 0 fully saturated rings. The molecule has 2 N–H and O–H groups in total. The van der Waals surface area contributed by atoms with E-state index < -0.39 is 4.92 Å². The second kappa shape index (κ2) is 4.80. The van der Waals surface area contributed by atoms with Crippen LogP contribution in [0.5, 0.6) is 0 Å². The minimum atomic E-state index is -0.516. The van der Waals surface area contributed by atoms with Crippen molar-refractivity contribution in [2.75, 3.05) is 17.2 Å². The van der Waals surface area contributed by atoms with Gasteiger partial charge >= 0.3 is 5.69 Å². The van der Waals surface area contributed by atoms with Gasteiger partial charge in [0.1, 0.15) is 5.82 Å². The van der Waals surface area contributed by atoms with Crippen molar-refractivity contribution < 1.29 is 4.92 Å². The Balaban J connectivity index is 1.88. The number of fused-ring (bicyclic) bond motifs is 1. The maximum atomic E-state index is 10.7. The lowest BCUT2D eigenvalue weighted by atomic mass is 10.00. The zero-order chi connectivity index (χ0) is 14.1. The fourth-order valence-electron chi connectivity index (χ4n) is 2.48. The average molecular weight is 270 g/mol. The number of pyridine rings is 1. The second-order valence-electron chi connectivity index (χ2n) is 4.77. The Morgan fingerprint density at radius 3 is 2.65 bits per heavy atom. The van der Waals surface area contributed by atoms with Gasteiger partial charge in [-0.2, -0.15) is 0 Å². The highest BCUT2D eigenvalue weighted by atomic mass is 16.6. The summed E-state index contributed by atoms with van der Waals surface area (Å²) in [5.41, 5.74) is 8.10. The summed E-state index contributed by atoms with van der Waals surface area (Å²) in [4.78, 5) is 16.5. The standard InChI is InChI=1S/C14H14N4O2/c15-14-12(18(19)20)5-6-13(16-14)17-8-7-10-3-1-2-4-11(10)9-17/h1-6H,7-9H2,(H2,15,16). The van der Waals surface area contributed by atoms with Crippen LogP contribution in [0, 0.1) is 10.1 Å². The van der Waals surface area contributed by atoms with Gasteiger partial charge in [-0.25, -0.2) is 4.98 Å². The van der Waals surface area contributed by atoms with Crippen LogP contribution in [0.2, 0.25) is 0 Å². The lowest BCUT2D eigenvalue weighted by Crippen LogP contribution is -2.31. The van der Waals surface area contributed by atoms with Gasteiger partial charge in [-0.1, -0.05) is 24.3 Å². The van der Waals surface area contributed by atoms with Gasteiger partial charge in [0.15, 0.2) is 0 Å². The van der Waals surface area contributed by atoms with Crippen LogP contribution in [0.3, 0.4) is 0 Å². The van der Waals surface area contributed by atoms with Gasteiger partial charge in [-0.05, 0) is 23.6 Å². The first-order valence-corrected chi connectivity index (χ1v) is 6.38. The van der Waals surface area contributed by atoms with Crippen LogP contribution >= 0.6 is 0 Å². The Labute approximate surface area is 116 Å². The van der Waals surface area contributed by atoms with Crippen LogP contribution in [-0.2, 0) is 13.0 Å². The van der Waals surface area contributed by atoms with Crippen molar-refractivity contribution in [2.24, 2.45) is 0 Å². The van der Waals surface area contributed by atoms with Crippen LogP contribution in [-0.4, -0.2) is 16.5 Å². The molecule has 0 bridgehead atoms. The molecule has 1 aliphatic rings. The Bertz CT molecular complexity index is 672. The molecule has 3 rings (SSSR count). The smallest absolute Gasteiger partial charge is 0.311 e. The molecule has 0 unspecified atom stereocenters. The lowest BCUT2D eigenvalue weighted by molar-refractivity contribution is -0.384. The van der Waals surface area contributed by atoms with Gasteiger partial charge in [-0.15, -0.1) is 0 Å². The summed E-state index contributed by atoms with van der Waals surface area (Å²) >= 11 is 0. The van der Waals surface area contributed by atoms with E-state index in [1.54, 1.807) is 6.07 Å². The number of aromatic nitrogens is 1. The van der Waals surface area contributed by atoms with E-state index in [9.17, 15) is 10.1 Å². The van der Waals surface area contributed by atoms with Crippen molar-refractivity contribution in [3.63, 3.8) is 0 Å². The molecule has 0 atom stereocenters. The van der Waals surface area contributed by atoms with E-state index >= 15 is 0 Å². The number of nitrogens with two attached hydrogens (primary N) is 1. The molecular formula is C14H14N4O2. The summed E-state index contributed by atoms with van der Waals surface area (Å²) in [6, 6.07) is 11.3. The molecule has 0 radical (unpaired) electrons. The number of nitrogen functional groups attached to an aromatic ring is 1. The first-order valence-electron chi connectivity index (χ1n) is 6.38. The molecule has 0 spiro atoms. The van der Waals surface area contributed by atoms with Crippen LogP contribution in [0.1, 0.15) is 11.1 Å². The zero-order valence-electron chi connectivity index (χ0n) is 10.8. The van der Waals surface area contributed by atoms with Gasteiger partial charge < -0.3 is 10.6 Å². The topological polar surface area (TPSA) is 85.3 Å². The Hall–Kier alpha value is -2.63. The minimum absolute atomic E-state index is 0.0358. The molecule has 2 aromatic rings. The van der Waals surface area contributed by atoms with E-state index in [1.165, 1.54) is 17.2 Å². The fourth-order valence-corrected chi connectivity index (χ4v) is 2.48. The number of benzene rings is 1. The quantitative estimate of drug-likeness (QED) is 0.667. The molecule has 0 saturated carbocycles. The summed E-state index contributed by atoms with van der Waals surface area (Å²) in [7, 11) is 0. The minimum Gasteiger partial charge on any atom is -0.378 e. The van der Waals surface area contributed by atoms with Crippen molar-refractivity contribution in [1.29, 1.82) is 0 Å². The maximum Gasteiger partial charge on any atom is 0.311 e. The fraction of sp³-hybridized carbons (Fsp3) is 0.214. The third-order valence-corrected chi connectivity index (χ3v) is 3.54. The van der Waals surface area contributed by atoms with Crippen molar-refractivity contribution in [3.05, 3.63) is 57.6 Å². The molecular weight excluding hydrogens is 256 g/mol. The lowest BCUT2D eigenvalue weighted by Gasteiger charge is -2.29. The summed E-state index contributed by atoms with van der Waals surface area (Å²) in [5.74, 6) is 0.647. The third kappa shape index (κ3) is 2.16. The van der Waals surface area contributed by atoms with Gasteiger partial charge in [0.2, 0.25) is 5.82 Å². The van der Waals surface area contributed by atoms with Gasteiger partial charge in [0.05, 0.1) is 4.92 Å². The average Bonchev–Trinajstić information content (AvgIpc) is 2.46. The van der Waals surface area contributed by atoms with Crippen LogP contribution in [0.15, 0.2) is 36.4 Å². The Morgan fingerprint density at radius 1 is 1.20 bits per heavy atom. The highest BCUT2D eigenvalue weighted by Crippen LogP contribution is 2.27. The molecule has 6 heteroatoms. The van der Waals surface area contributed by atoms with E-state index in [1.807, 2.05) is 12.1 Å². The molecule has 1 aliphatic heterocycles.